The summed E-state index contributed by atoms with van der Waals surface area (Å²) >= 11 is 0. The highest BCUT2D eigenvalue weighted by Crippen LogP contribution is 2.21. The molecule has 0 bridgehead atoms. The second kappa shape index (κ2) is 9.84. The predicted molar refractivity (Wildman–Crippen MR) is 99.8 cm³/mol. The van der Waals surface area contributed by atoms with Crippen LogP contribution in [-0.2, 0) is 18.0 Å². The topological polar surface area (TPSA) is 47.6 Å². The Bertz CT molecular complexity index is 670. The molecule has 0 radical (unpaired) electrons. The Morgan fingerprint density at radius 1 is 1.12 bits per heavy atom. The summed E-state index contributed by atoms with van der Waals surface area (Å²) in [5.41, 5.74) is 2.61. The Morgan fingerprint density at radius 2 is 1.88 bits per heavy atom. The van der Waals surface area contributed by atoms with Crippen LogP contribution in [0.5, 0.6) is 5.75 Å². The Morgan fingerprint density at radius 3 is 2.56 bits per heavy atom. The summed E-state index contributed by atoms with van der Waals surface area (Å²) in [6, 6.07) is 15.6. The van der Waals surface area contributed by atoms with Crippen molar-refractivity contribution in [1.29, 1.82) is 0 Å². The first-order valence-corrected chi connectivity index (χ1v) is 8.73. The van der Waals surface area contributed by atoms with E-state index in [-0.39, 0.29) is 11.9 Å². The van der Waals surface area contributed by atoms with Gasteiger partial charge in [-0.3, -0.25) is 4.79 Å². The average Bonchev–Trinajstić information content (AvgIpc) is 2.62. The van der Waals surface area contributed by atoms with Crippen molar-refractivity contribution in [2.24, 2.45) is 0 Å². The van der Waals surface area contributed by atoms with Crippen LogP contribution < -0.4 is 10.1 Å². The predicted octanol–water partition coefficient (Wildman–Crippen LogP) is 4.33. The van der Waals surface area contributed by atoms with E-state index in [1.54, 1.807) is 13.2 Å². The fourth-order valence-corrected chi connectivity index (χ4v) is 2.70. The third-order valence-electron chi connectivity index (χ3n) is 4.01. The summed E-state index contributed by atoms with van der Waals surface area (Å²) in [4.78, 5) is 12.4. The van der Waals surface area contributed by atoms with Crippen LogP contribution >= 0.6 is 0 Å². The Kier molecular flexibility index (Phi) is 7.48. The van der Waals surface area contributed by atoms with Gasteiger partial charge < -0.3 is 14.8 Å². The summed E-state index contributed by atoms with van der Waals surface area (Å²) in [5.74, 6) is 0.666. The van der Waals surface area contributed by atoms with Crippen LogP contribution in [0.2, 0.25) is 0 Å². The molecule has 0 saturated heterocycles. The van der Waals surface area contributed by atoms with Crippen LogP contribution in [0.4, 0.5) is 0 Å². The third kappa shape index (κ3) is 5.91. The molecule has 0 spiro atoms. The first-order valence-electron chi connectivity index (χ1n) is 8.73. The lowest BCUT2D eigenvalue weighted by Crippen LogP contribution is -2.32. The smallest absolute Gasteiger partial charge is 0.251 e. The molecular weight excluding hydrogens is 314 g/mol. The van der Waals surface area contributed by atoms with Gasteiger partial charge in [-0.25, -0.2) is 0 Å². The molecule has 1 N–H and O–H groups in total. The van der Waals surface area contributed by atoms with Crippen molar-refractivity contribution in [3.05, 3.63) is 65.2 Å². The van der Waals surface area contributed by atoms with Crippen molar-refractivity contribution >= 4 is 5.91 Å². The molecule has 4 heteroatoms. The van der Waals surface area contributed by atoms with Gasteiger partial charge in [0.05, 0.1) is 20.3 Å². The largest absolute Gasteiger partial charge is 0.496 e. The third-order valence-corrected chi connectivity index (χ3v) is 4.01. The van der Waals surface area contributed by atoms with E-state index >= 15 is 0 Å². The number of hydrogen-bond donors (Lipinski definition) is 1. The van der Waals surface area contributed by atoms with Crippen LogP contribution in [-0.4, -0.2) is 19.1 Å². The number of carbonyl (C=O) groups is 1. The molecular formula is C21H27NO3. The SMILES string of the molecule is CCC[C@H](C)NC(=O)c1ccc(OC)c(COCc2ccccc2)c1. The minimum atomic E-state index is -0.0621. The van der Waals surface area contributed by atoms with Crippen molar-refractivity contribution in [3.63, 3.8) is 0 Å². The van der Waals surface area contributed by atoms with Crippen molar-refractivity contribution in [2.75, 3.05) is 7.11 Å². The molecule has 0 aliphatic carbocycles. The zero-order chi connectivity index (χ0) is 18.1. The number of benzene rings is 2. The molecule has 0 aliphatic rings. The molecule has 1 amide bonds. The molecule has 0 fully saturated rings. The maximum atomic E-state index is 12.4. The average molecular weight is 341 g/mol. The van der Waals surface area contributed by atoms with E-state index < -0.39 is 0 Å². The van der Waals surface area contributed by atoms with Gasteiger partial charge in [-0.2, -0.15) is 0 Å². The molecule has 4 nitrogen and oxygen atoms in total. The van der Waals surface area contributed by atoms with Gasteiger partial charge in [-0.05, 0) is 37.1 Å². The highest BCUT2D eigenvalue weighted by atomic mass is 16.5. The Hall–Kier alpha value is -2.33. The van der Waals surface area contributed by atoms with Crippen molar-refractivity contribution in [3.8, 4) is 5.75 Å². The van der Waals surface area contributed by atoms with Gasteiger partial charge in [0.1, 0.15) is 5.75 Å². The number of amides is 1. The Labute approximate surface area is 150 Å². The number of rotatable bonds is 9. The first kappa shape index (κ1) is 19.0. The number of carbonyl (C=O) groups excluding carboxylic acids is 1. The molecule has 0 saturated carbocycles. The van der Waals surface area contributed by atoms with Crippen molar-refractivity contribution in [2.45, 2.75) is 45.9 Å². The molecule has 134 valence electrons. The fourth-order valence-electron chi connectivity index (χ4n) is 2.70. The quantitative estimate of drug-likeness (QED) is 0.738. The van der Waals surface area contributed by atoms with Crippen molar-refractivity contribution < 1.29 is 14.3 Å². The fraction of sp³-hybridized carbons (Fsp3) is 0.381. The second-order valence-electron chi connectivity index (χ2n) is 6.17. The lowest BCUT2D eigenvalue weighted by atomic mass is 10.1. The molecule has 0 aromatic heterocycles. The van der Waals surface area contributed by atoms with Gasteiger partial charge in [0, 0.05) is 17.2 Å². The van der Waals surface area contributed by atoms with Crippen LogP contribution in [0.25, 0.3) is 0 Å². The van der Waals surface area contributed by atoms with E-state index in [9.17, 15) is 4.79 Å². The summed E-state index contributed by atoms with van der Waals surface area (Å²) in [7, 11) is 1.62. The zero-order valence-corrected chi connectivity index (χ0v) is 15.2. The molecule has 0 unspecified atom stereocenters. The molecule has 2 aromatic carbocycles. The van der Waals surface area contributed by atoms with Gasteiger partial charge in [0.2, 0.25) is 0 Å². The molecule has 0 heterocycles. The normalized spacial score (nSPS) is 11.8. The lowest BCUT2D eigenvalue weighted by molar-refractivity contribution is 0.0936. The summed E-state index contributed by atoms with van der Waals surface area (Å²) in [6.07, 6.45) is 2.01. The molecule has 25 heavy (non-hydrogen) atoms. The van der Waals surface area contributed by atoms with Crippen LogP contribution in [0.1, 0.15) is 48.2 Å². The van der Waals surface area contributed by atoms with E-state index in [1.807, 2.05) is 49.4 Å². The van der Waals surface area contributed by atoms with Gasteiger partial charge >= 0.3 is 0 Å². The summed E-state index contributed by atoms with van der Waals surface area (Å²) < 4.78 is 11.2. The lowest BCUT2D eigenvalue weighted by Gasteiger charge is -2.15. The number of methoxy groups -OCH3 is 1. The maximum absolute atomic E-state index is 12.4. The molecule has 0 aliphatic heterocycles. The highest BCUT2D eigenvalue weighted by molar-refractivity contribution is 5.94. The van der Waals surface area contributed by atoms with E-state index in [4.69, 9.17) is 9.47 Å². The maximum Gasteiger partial charge on any atom is 0.251 e. The van der Waals surface area contributed by atoms with E-state index in [0.29, 0.717) is 18.8 Å². The van der Waals surface area contributed by atoms with Crippen LogP contribution in [0.3, 0.4) is 0 Å². The standard InChI is InChI=1S/C21H27NO3/c1-4-8-16(2)22-21(23)18-11-12-20(24-3)19(13-18)15-25-14-17-9-6-5-7-10-17/h5-7,9-13,16H,4,8,14-15H2,1-3H3,(H,22,23)/t16-/m0/s1. The number of nitrogens with one attached hydrogen (secondary N) is 1. The number of hydrogen-bond acceptors (Lipinski definition) is 3. The minimum Gasteiger partial charge on any atom is -0.496 e. The molecule has 2 rings (SSSR count). The molecule has 1 atom stereocenters. The van der Waals surface area contributed by atoms with E-state index in [0.717, 1.165) is 29.7 Å². The van der Waals surface area contributed by atoms with Gasteiger partial charge in [0.25, 0.3) is 5.91 Å². The highest BCUT2D eigenvalue weighted by Gasteiger charge is 2.12. The molecule has 2 aromatic rings. The minimum absolute atomic E-state index is 0.0621. The second-order valence-corrected chi connectivity index (χ2v) is 6.17. The first-order chi connectivity index (χ1) is 12.1. The number of ether oxygens (including phenoxy) is 2. The van der Waals surface area contributed by atoms with Crippen LogP contribution in [0, 0.1) is 0 Å². The van der Waals surface area contributed by atoms with E-state index in [2.05, 4.69) is 12.2 Å². The van der Waals surface area contributed by atoms with Gasteiger partial charge in [-0.15, -0.1) is 0 Å². The van der Waals surface area contributed by atoms with E-state index in [1.165, 1.54) is 0 Å². The van der Waals surface area contributed by atoms with Crippen LogP contribution in [0.15, 0.2) is 48.5 Å². The summed E-state index contributed by atoms with van der Waals surface area (Å²) in [6.45, 7) is 5.05. The zero-order valence-electron chi connectivity index (χ0n) is 15.2. The monoisotopic (exact) mass is 341 g/mol. The van der Waals surface area contributed by atoms with Crippen molar-refractivity contribution in [1.82, 2.24) is 5.32 Å². The van der Waals surface area contributed by atoms with Gasteiger partial charge in [0.15, 0.2) is 0 Å². The van der Waals surface area contributed by atoms with Gasteiger partial charge in [-0.1, -0.05) is 43.7 Å². The summed E-state index contributed by atoms with van der Waals surface area (Å²) in [5, 5.41) is 3.02. The Balaban J connectivity index is 2.02.